The summed E-state index contributed by atoms with van der Waals surface area (Å²) >= 11 is 0. The zero-order valence-corrected chi connectivity index (χ0v) is 16.4. The van der Waals surface area contributed by atoms with Crippen molar-refractivity contribution < 1.29 is 14.3 Å². The number of hydrogen-bond donors (Lipinski definition) is 1. The van der Waals surface area contributed by atoms with Crippen LogP contribution in [-0.4, -0.2) is 31.3 Å². The molecule has 3 rings (SSSR count). The van der Waals surface area contributed by atoms with E-state index in [4.69, 9.17) is 9.47 Å². The molecule has 4 nitrogen and oxygen atoms in total. The maximum Gasteiger partial charge on any atom is 0.251 e. The summed E-state index contributed by atoms with van der Waals surface area (Å²) in [6, 6.07) is 7.75. The second-order valence-corrected chi connectivity index (χ2v) is 8.86. The third-order valence-electron chi connectivity index (χ3n) is 5.86. The molecule has 0 radical (unpaired) electrons. The number of ether oxygens (including phenoxy) is 2. The number of benzene rings is 1. The molecule has 0 aromatic heterocycles. The van der Waals surface area contributed by atoms with Crippen LogP contribution in [-0.2, 0) is 4.74 Å². The molecule has 1 amide bonds. The quantitative estimate of drug-likeness (QED) is 0.837. The van der Waals surface area contributed by atoms with Crippen LogP contribution in [0.3, 0.4) is 0 Å². The van der Waals surface area contributed by atoms with Crippen LogP contribution in [0.2, 0.25) is 0 Å². The summed E-state index contributed by atoms with van der Waals surface area (Å²) in [7, 11) is 0. The van der Waals surface area contributed by atoms with Gasteiger partial charge in [-0.2, -0.15) is 0 Å². The molecule has 1 saturated heterocycles. The number of hydrogen-bond acceptors (Lipinski definition) is 3. The molecule has 1 unspecified atom stereocenters. The Hall–Kier alpha value is -1.55. The highest BCUT2D eigenvalue weighted by Crippen LogP contribution is 2.37. The van der Waals surface area contributed by atoms with Gasteiger partial charge in [0, 0.05) is 18.2 Å². The van der Waals surface area contributed by atoms with Crippen LogP contribution in [0.15, 0.2) is 24.3 Å². The van der Waals surface area contributed by atoms with E-state index in [0.717, 1.165) is 44.0 Å². The van der Waals surface area contributed by atoms with Crippen molar-refractivity contribution in [3.63, 3.8) is 0 Å². The molecule has 1 aromatic rings. The van der Waals surface area contributed by atoms with Gasteiger partial charge in [-0.25, -0.2) is 0 Å². The van der Waals surface area contributed by atoms with E-state index in [1.807, 2.05) is 24.3 Å². The van der Waals surface area contributed by atoms with Crippen molar-refractivity contribution in [2.75, 3.05) is 13.2 Å². The van der Waals surface area contributed by atoms with Crippen molar-refractivity contribution in [1.29, 1.82) is 0 Å². The molecular formula is C22H33NO3. The van der Waals surface area contributed by atoms with Gasteiger partial charge in [0.15, 0.2) is 0 Å². The molecule has 1 N–H and O–H groups in total. The molecule has 4 heteroatoms. The van der Waals surface area contributed by atoms with E-state index in [-0.39, 0.29) is 12.0 Å². The van der Waals surface area contributed by atoms with Gasteiger partial charge in [0.2, 0.25) is 0 Å². The van der Waals surface area contributed by atoms with Crippen LogP contribution in [0.1, 0.15) is 69.7 Å². The first-order valence-electron chi connectivity index (χ1n) is 10.1. The van der Waals surface area contributed by atoms with E-state index in [1.165, 1.54) is 12.8 Å². The SMILES string of the molecule is CC(C)(C)C1CCC(NC(=O)c2ccc(OCC3CCCO3)cc2)CC1. The lowest BCUT2D eigenvalue weighted by Gasteiger charge is -2.37. The number of carbonyl (C=O) groups is 1. The largest absolute Gasteiger partial charge is 0.491 e. The van der Waals surface area contributed by atoms with Gasteiger partial charge in [0.25, 0.3) is 5.91 Å². The third kappa shape index (κ3) is 5.23. The van der Waals surface area contributed by atoms with Crippen molar-refractivity contribution in [2.45, 2.75) is 71.4 Å². The predicted octanol–water partition coefficient (Wildman–Crippen LogP) is 4.58. The van der Waals surface area contributed by atoms with Crippen LogP contribution in [0.4, 0.5) is 0 Å². The van der Waals surface area contributed by atoms with Crippen molar-refractivity contribution in [3.8, 4) is 5.75 Å². The van der Waals surface area contributed by atoms with Gasteiger partial charge in [0.05, 0.1) is 6.10 Å². The van der Waals surface area contributed by atoms with Crippen molar-refractivity contribution in [2.24, 2.45) is 11.3 Å². The fourth-order valence-corrected chi connectivity index (χ4v) is 4.04. The van der Waals surface area contributed by atoms with Crippen molar-refractivity contribution in [1.82, 2.24) is 5.32 Å². The monoisotopic (exact) mass is 359 g/mol. The zero-order chi connectivity index (χ0) is 18.6. The molecule has 1 aliphatic heterocycles. The van der Waals surface area contributed by atoms with Gasteiger partial charge >= 0.3 is 0 Å². The molecule has 1 aromatic carbocycles. The second-order valence-electron chi connectivity index (χ2n) is 8.86. The predicted molar refractivity (Wildman–Crippen MR) is 104 cm³/mol. The van der Waals surface area contributed by atoms with Gasteiger partial charge < -0.3 is 14.8 Å². The molecular weight excluding hydrogens is 326 g/mol. The smallest absolute Gasteiger partial charge is 0.251 e. The average molecular weight is 360 g/mol. The minimum atomic E-state index is 0.0230. The van der Waals surface area contributed by atoms with Gasteiger partial charge in [0.1, 0.15) is 12.4 Å². The lowest BCUT2D eigenvalue weighted by molar-refractivity contribution is 0.0679. The Bertz CT molecular complexity index is 576. The van der Waals surface area contributed by atoms with Crippen molar-refractivity contribution >= 4 is 5.91 Å². The standard InChI is InChI=1S/C22H33NO3/c1-22(2,3)17-8-10-18(11-9-17)23-21(24)16-6-12-19(13-7-16)26-15-20-5-4-14-25-20/h6-7,12-13,17-18,20H,4-5,8-11,14-15H2,1-3H3,(H,23,24). The Balaban J connectivity index is 1.44. The Labute approximate surface area is 157 Å². The highest BCUT2D eigenvalue weighted by Gasteiger charge is 2.30. The van der Waals surface area contributed by atoms with E-state index >= 15 is 0 Å². The minimum Gasteiger partial charge on any atom is -0.491 e. The summed E-state index contributed by atoms with van der Waals surface area (Å²) in [6.07, 6.45) is 6.95. The fraction of sp³-hybridized carbons (Fsp3) is 0.682. The first-order valence-corrected chi connectivity index (χ1v) is 10.1. The van der Waals surface area contributed by atoms with E-state index < -0.39 is 0 Å². The maximum atomic E-state index is 12.5. The summed E-state index contributed by atoms with van der Waals surface area (Å²) in [5.74, 6) is 1.58. The van der Waals surface area contributed by atoms with Gasteiger partial charge in [-0.3, -0.25) is 4.79 Å². The molecule has 0 bridgehead atoms. The normalized spacial score (nSPS) is 26.5. The maximum absolute atomic E-state index is 12.5. The highest BCUT2D eigenvalue weighted by molar-refractivity contribution is 5.94. The van der Waals surface area contributed by atoms with Crippen LogP contribution >= 0.6 is 0 Å². The molecule has 2 fully saturated rings. The van der Waals surface area contributed by atoms with E-state index in [1.54, 1.807) is 0 Å². The average Bonchev–Trinajstić information content (AvgIpc) is 3.13. The molecule has 0 spiro atoms. The lowest BCUT2D eigenvalue weighted by atomic mass is 9.71. The number of carbonyl (C=O) groups excluding carboxylic acids is 1. The lowest BCUT2D eigenvalue weighted by Crippen LogP contribution is -2.39. The second kappa shape index (κ2) is 8.43. The van der Waals surface area contributed by atoms with Gasteiger partial charge in [-0.05, 0) is 74.1 Å². The first-order chi connectivity index (χ1) is 12.4. The van der Waals surface area contributed by atoms with Gasteiger partial charge in [-0.15, -0.1) is 0 Å². The van der Waals surface area contributed by atoms with Crippen molar-refractivity contribution in [3.05, 3.63) is 29.8 Å². The fourth-order valence-electron chi connectivity index (χ4n) is 4.04. The Morgan fingerprint density at radius 2 is 1.81 bits per heavy atom. The van der Waals surface area contributed by atoms with Gasteiger partial charge in [-0.1, -0.05) is 20.8 Å². The number of nitrogens with one attached hydrogen (secondary N) is 1. The summed E-state index contributed by atoms with van der Waals surface area (Å²) in [5.41, 5.74) is 1.07. The first kappa shape index (κ1) is 19.2. The summed E-state index contributed by atoms with van der Waals surface area (Å²) < 4.78 is 11.3. The molecule has 26 heavy (non-hydrogen) atoms. The molecule has 2 aliphatic rings. The molecule has 1 atom stereocenters. The molecule has 1 heterocycles. The Morgan fingerprint density at radius 1 is 1.12 bits per heavy atom. The summed E-state index contributed by atoms with van der Waals surface area (Å²) in [6.45, 7) is 8.38. The number of rotatable bonds is 5. The Morgan fingerprint density at radius 3 is 2.38 bits per heavy atom. The van der Waals surface area contributed by atoms with Crippen LogP contribution in [0.5, 0.6) is 5.75 Å². The van der Waals surface area contributed by atoms with E-state index in [0.29, 0.717) is 23.6 Å². The van der Waals surface area contributed by atoms with E-state index in [2.05, 4.69) is 26.1 Å². The summed E-state index contributed by atoms with van der Waals surface area (Å²) in [5, 5.41) is 3.20. The molecule has 1 saturated carbocycles. The topological polar surface area (TPSA) is 47.6 Å². The van der Waals surface area contributed by atoms with Crippen LogP contribution in [0.25, 0.3) is 0 Å². The molecule has 1 aliphatic carbocycles. The zero-order valence-electron chi connectivity index (χ0n) is 16.4. The van der Waals surface area contributed by atoms with Crippen LogP contribution < -0.4 is 10.1 Å². The Kier molecular flexibility index (Phi) is 6.23. The van der Waals surface area contributed by atoms with E-state index in [9.17, 15) is 4.79 Å². The number of amides is 1. The minimum absolute atomic E-state index is 0.0230. The highest BCUT2D eigenvalue weighted by atomic mass is 16.5. The third-order valence-corrected chi connectivity index (χ3v) is 5.86. The van der Waals surface area contributed by atoms with Crippen LogP contribution in [0, 0.1) is 11.3 Å². The molecule has 144 valence electrons. The summed E-state index contributed by atoms with van der Waals surface area (Å²) in [4.78, 5) is 12.5.